The molecule has 0 saturated heterocycles. The first-order chi connectivity index (χ1) is 10.2. The molecule has 0 N–H and O–H groups in total. The van der Waals surface area contributed by atoms with Gasteiger partial charge in [0.25, 0.3) is 0 Å². The van der Waals surface area contributed by atoms with Crippen molar-refractivity contribution in [3.63, 3.8) is 0 Å². The van der Waals surface area contributed by atoms with E-state index in [1.54, 1.807) is 0 Å². The van der Waals surface area contributed by atoms with Crippen molar-refractivity contribution in [1.29, 1.82) is 0 Å². The lowest BCUT2D eigenvalue weighted by atomic mass is 10.0. The Morgan fingerprint density at radius 2 is 0.909 bits per heavy atom. The molecule has 2 rings (SSSR count). The maximum absolute atomic E-state index is 13.1. The van der Waals surface area contributed by atoms with Crippen LogP contribution in [0.4, 0.5) is 17.6 Å². The standard InChI is InChI=1S/C14H4Cl2F4O2/c15-7-3-11(19)9(17)1-5(7)13(21)14(22)6-2-10(18)12(20)4-8(6)16/h1-4H. The fraction of sp³-hybridized carbons (Fsp3) is 0. The highest BCUT2D eigenvalue weighted by Gasteiger charge is 2.25. The summed E-state index contributed by atoms with van der Waals surface area (Å²) in [7, 11) is 0. The van der Waals surface area contributed by atoms with Crippen molar-refractivity contribution in [3.05, 3.63) is 68.7 Å². The lowest BCUT2D eigenvalue weighted by Gasteiger charge is -2.06. The van der Waals surface area contributed by atoms with Crippen LogP contribution in [-0.4, -0.2) is 11.6 Å². The van der Waals surface area contributed by atoms with E-state index in [0.717, 1.165) is 0 Å². The second-order valence-corrected chi connectivity index (χ2v) is 4.96. The van der Waals surface area contributed by atoms with Gasteiger partial charge in [0.05, 0.1) is 10.0 Å². The molecule has 2 aromatic carbocycles. The highest BCUT2D eigenvalue weighted by Crippen LogP contribution is 2.25. The monoisotopic (exact) mass is 350 g/mol. The highest BCUT2D eigenvalue weighted by atomic mass is 35.5. The first kappa shape index (κ1) is 16.5. The second-order valence-electron chi connectivity index (χ2n) is 4.15. The molecule has 0 unspecified atom stereocenters. The molecule has 114 valence electrons. The maximum atomic E-state index is 13.1. The zero-order chi connectivity index (χ0) is 16.6. The molecule has 0 heterocycles. The van der Waals surface area contributed by atoms with E-state index in [1.165, 1.54) is 0 Å². The molecule has 0 aliphatic carbocycles. The van der Waals surface area contributed by atoms with Gasteiger partial charge in [0.1, 0.15) is 0 Å². The summed E-state index contributed by atoms with van der Waals surface area (Å²) in [5, 5.41) is -1.01. The number of carbonyl (C=O) groups excluding carboxylic acids is 2. The molecule has 0 amide bonds. The first-order valence-electron chi connectivity index (χ1n) is 5.60. The van der Waals surface area contributed by atoms with Crippen molar-refractivity contribution in [2.75, 3.05) is 0 Å². The van der Waals surface area contributed by atoms with Crippen LogP contribution in [0.3, 0.4) is 0 Å². The molecule has 2 aromatic rings. The topological polar surface area (TPSA) is 34.1 Å². The summed E-state index contributed by atoms with van der Waals surface area (Å²) in [6.07, 6.45) is 0. The number of hydrogen-bond donors (Lipinski definition) is 0. The molecule has 0 aliphatic heterocycles. The number of ketones is 2. The van der Waals surface area contributed by atoms with Crippen molar-refractivity contribution >= 4 is 34.8 Å². The lowest BCUT2D eigenvalue weighted by Crippen LogP contribution is -2.16. The van der Waals surface area contributed by atoms with Crippen LogP contribution < -0.4 is 0 Å². The van der Waals surface area contributed by atoms with Gasteiger partial charge in [-0.05, 0) is 24.3 Å². The Labute approximate surface area is 131 Å². The molecule has 0 bridgehead atoms. The second kappa shape index (κ2) is 6.06. The summed E-state index contributed by atoms with van der Waals surface area (Å²) < 4.78 is 52.2. The minimum atomic E-state index is -1.39. The van der Waals surface area contributed by atoms with Crippen LogP contribution in [0.1, 0.15) is 20.7 Å². The summed E-state index contributed by atoms with van der Waals surface area (Å²) in [6.45, 7) is 0. The Balaban J connectivity index is 2.49. The van der Waals surface area contributed by atoms with Crippen molar-refractivity contribution in [2.45, 2.75) is 0 Å². The van der Waals surface area contributed by atoms with E-state index in [-0.39, 0.29) is 0 Å². The van der Waals surface area contributed by atoms with Crippen molar-refractivity contribution in [2.24, 2.45) is 0 Å². The smallest absolute Gasteiger partial charge is 0.235 e. The summed E-state index contributed by atoms with van der Waals surface area (Å²) in [6, 6.07) is 1.91. The largest absolute Gasteiger partial charge is 0.285 e. The van der Waals surface area contributed by atoms with Crippen LogP contribution in [0.5, 0.6) is 0 Å². The fourth-order valence-electron chi connectivity index (χ4n) is 1.64. The molecular formula is C14H4Cl2F4O2. The molecule has 0 aliphatic rings. The van der Waals surface area contributed by atoms with Gasteiger partial charge in [0.2, 0.25) is 11.6 Å². The van der Waals surface area contributed by atoms with E-state index in [1.807, 2.05) is 0 Å². The van der Waals surface area contributed by atoms with E-state index < -0.39 is 56.0 Å². The number of halogens is 6. The van der Waals surface area contributed by atoms with Crippen LogP contribution in [0, 0.1) is 23.3 Å². The number of Topliss-reactive ketones (excluding diaryl/α,β-unsaturated/α-hetero) is 2. The fourth-order valence-corrected chi connectivity index (χ4v) is 2.11. The third-order valence-electron chi connectivity index (χ3n) is 2.72. The number of carbonyl (C=O) groups is 2. The van der Waals surface area contributed by atoms with Crippen LogP contribution >= 0.6 is 23.2 Å². The third kappa shape index (κ3) is 2.98. The number of benzene rings is 2. The normalized spacial score (nSPS) is 10.6. The van der Waals surface area contributed by atoms with E-state index in [2.05, 4.69) is 0 Å². The molecule has 0 atom stereocenters. The van der Waals surface area contributed by atoms with Gasteiger partial charge in [-0.15, -0.1) is 0 Å². The average Bonchev–Trinajstić information content (AvgIpc) is 2.45. The highest BCUT2D eigenvalue weighted by molar-refractivity contribution is 6.54. The molecule has 0 aromatic heterocycles. The van der Waals surface area contributed by atoms with Gasteiger partial charge in [-0.2, -0.15) is 0 Å². The summed E-state index contributed by atoms with van der Waals surface area (Å²) in [5.41, 5.74) is -1.24. The van der Waals surface area contributed by atoms with Crippen LogP contribution in [0.15, 0.2) is 24.3 Å². The Bertz CT molecular complexity index is 738. The molecular weight excluding hydrogens is 347 g/mol. The van der Waals surface area contributed by atoms with E-state index >= 15 is 0 Å². The van der Waals surface area contributed by atoms with Crippen LogP contribution in [0.25, 0.3) is 0 Å². The summed E-state index contributed by atoms with van der Waals surface area (Å²) in [5.74, 6) is -8.07. The van der Waals surface area contributed by atoms with Gasteiger partial charge >= 0.3 is 0 Å². The van der Waals surface area contributed by atoms with Gasteiger partial charge < -0.3 is 0 Å². The third-order valence-corrected chi connectivity index (χ3v) is 3.34. The molecule has 0 saturated carbocycles. The predicted octanol–water partition coefficient (Wildman–Crippen LogP) is 4.62. The number of rotatable bonds is 3. The lowest BCUT2D eigenvalue weighted by molar-refractivity contribution is 0.0816. The van der Waals surface area contributed by atoms with E-state index in [9.17, 15) is 27.2 Å². The van der Waals surface area contributed by atoms with Gasteiger partial charge in [-0.3, -0.25) is 9.59 Å². The number of hydrogen-bond acceptors (Lipinski definition) is 2. The molecule has 0 radical (unpaired) electrons. The maximum Gasteiger partial charge on any atom is 0.235 e. The van der Waals surface area contributed by atoms with E-state index in [4.69, 9.17) is 23.2 Å². The molecule has 22 heavy (non-hydrogen) atoms. The average molecular weight is 351 g/mol. The molecule has 8 heteroatoms. The first-order valence-corrected chi connectivity index (χ1v) is 6.36. The van der Waals surface area contributed by atoms with Crippen molar-refractivity contribution in [1.82, 2.24) is 0 Å². The van der Waals surface area contributed by atoms with Crippen LogP contribution in [0.2, 0.25) is 10.0 Å². The predicted molar refractivity (Wildman–Crippen MR) is 71.4 cm³/mol. The Morgan fingerprint density at radius 3 is 1.23 bits per heavy atom. The summed E-state index contributed by atoms with van der Waals surface area (Å²) in [4.78, 5) is 24.0. The van der Waals surface area contributed by atoms with Gasteiger partial charge in [-0.25, -0.2) is 17.6 Å². The molecule has 2 nitrogen and oxygen atoms in total. The van der Waals surface area contributed by atoms with Crippen molar-refractivity contribution < 1.29 is 27.2 Å². The van der Waals surface area contributed by atoms with Gasteiger partial charge in [-0.1, -0.05) is 23.2 Å². The Kier molecular flexibility index (Phi) is 4.53. The van der Waals surface area contributed by atoms with E-state index in [0.29, 0.717) is 24.3 Å². The zero-order valence-electron chi connectivity index (χ0n) is 10.4. The zero-order valence-corrected chi connectivity index (χ0v) is 11.9. The van der Waals surface area contributed by atoms with Crippen LogP contribution in [-0.2, 0) is 0 Å². The molecule has 0 fully saturated rings. The molecule has 0 spiro atoms. The SMILES string of the molecule is O=C(C(=O)c1cc(F)c(F)cc1Cl)c1cc(F)c(F)cc1Cl. The van der Waals surface area contributed by atoms with Crippen molar-refractivity contribution in [3.8, 4) is 0 Å². The summed E-state index contributed by atoms with van der Waals surface area (Å²) >= 11 is 11.2. The van der Waals surface area contributed by atoms with Gasteiger partial charge in [0, 0.05) is 11.1 Å². The Morgan fingerprint density at radius 1 is 0.636 bits per heavy atom. The minimum Gasteiger partial charge on any atom is -0.285 e. The quantitative estimate of drug-likeness (QED) is 0.350. The Hall–Kier alpha value is -1.92. The van der Waals surface area contributed by atoms with Gasteiger partial charge in [0.15, 0.2) is 23.3 Å². The minimum absolute atomic E-state index is 0.436.